The molecule has 1 heterocycles. The van der Waals surface area contributed by atoms with E-state index in [0.29, 0.717) is 0 Å². The standard InChI is InChI=1S/C10H11N/c1-8-4-5-10-9(7-8)3-2-6-11-10/h3-5,7H,2,6H2,1H3. The molecule has 0 atom stereocenters. The minimum Gasteiger partial charge on any atom is -0.284 e. The molecule has 0 radical (unpaired) electrons. The predicted molar refractivity (Wildman–Crippen MR) is 45.9 cm³/mol. The number of rotatable bonds is 0. The van der Waals surface area contributed by atoms with Crippen LogP contribution in [0.5, 0.6) is 0 Å². The maximum absolute atomic E-state index is 4.40. The van der Waals surface area contributed by atoms with Gasteiger partial charge in [-0.1, -0.05) is 23.8 Å². The Labute approximate surface area is 66.1 Å². The Morgan fingerprint density at radius 1 is 1.36 bits per heavy atom. The Kier molecular flexibility index (Phi) is 1.50. The largest absolute Gasteiger partial charge is 0.284 e. The molecule has 1 aromatic carbocycles. The van der Waals surface area contributed by atoms with Crippen molar-refractivity contribution in [1.82, 2.24) is 0 Å². The van der Waals surface area contributed by atoms with Gasteiger partial charge >= 0.3 is 0 Å². The first-order chi connectivity index (χ1) is 5.36. The molecule has 1 aliphatic rings. The fourth-order valence-electron chi connectivity index (χ4n) is 1.39. The molecule has 2 rings (SSSR count). The molecule has 56 valence electrons. The summed E-state index contributed by atoms with van der Waals surface area (Å²) in [5.41, 5.74) is 1.32. The molecule has 11 heavy (non-hydrogen) atoms. The topological polar surface area (TPSA) is 12.4 Å². The lowest BCUT2D eigenvalue weighted by atomic mass is 10.1. The third kappa shape index (κ3) is 1.18. The van der Waals surface area contributed by atoms with Gasteiger partial charge in [0.1, 0.15) is 0 Å². The highest BCUT2D eigenvalue weighted by molar-refractivity contribution is 5.28. The lowest BCUT2D eigenvalue weighted by Crippen LogP contribution is -2.27. The van der Waals surface area contributed by atoms with Gasteiger partial charge in [-0.3, -0.25) is 4.99 Å². The van der Waals surface area contributed by atoms with Crippen molar-refractivity contribution in [3.8, 4) is 0 Å². The van der Waals surface area contributed by atoms with Gasteiger partial charge in [0.25, 0.3) is 0 Å². The molecule has 0 saturated carbocycles. The average molecular weight is 145 g/mol. The smallest absolute Gasteiger partial charge is 0.0643 e. The Balaban J connectivity index is 2.80. The van der Waals surface area contributed by atoms with Crippen LogP contribution in [0, 0.1) is 6.92 Å². The van der Waals surface area contributed by atoms with Crippen molar-refractivity contribution < 1.29 is 0 Å². The van der Waals surface area contributed by atoms with Crippen molar-refractivity contribution in [3.63, 3.8) is 0 Å². The van der Waals surface area contributed by atoms with E-state index in [9.17, 15) is 0 Å². The summed E-state index contributed by atoms with van der Waals surface area (Å²) in [5.74, 6) is 0. The van der Waals surface area contributed by atoms with Crippen LogP contribution in [0.25, 0.3) is 6.08 Å². The molecule has 0 aromatic heterocycles. The lowest BCUT2D eigenvalue weighted by Gasteiger charge is -1.99. The van der Waals surface area contributed by atoms with Crippen LogP contribution in [-0.2, 0) is 0 Å². The summed E-state index contributed by atoms with van der Waals surface area (Å²) in [5, 5.41) is 2.46. The minimum absolute atomic E-state index is 0.954. The molecule has 0 bridgehead atoms. The number of hydrogen-bond donors (Lipinski definition) is 0. The van der Waals surface area contributed by atoms with E-state index in [0.717, 1.165) is 18.3 Å². The van der Waals surface area contributed by atoms with E-state index < -0.39 is 0 Å². The molecule has 0 N–H and O–H groups in total. The summed E-state index contributed by atoms with van der Waals surface area (Å²) in [7, 11) is 0. The third-order valence-electron chi connectivity index (χ3n) is 1.96. The van der Waals surface area contributed by atoms with Gasteiger partial charge in [-0.15, -0.1) is 0 Å². The van der Waals surface area contributed by atoms with Crippen molar-refractivity contribution in [1.29, 1.82) is 0 Å². The van der Waals surface area contributed by atoms with Crippen molar-refractivity contribution in [2.45, 2.75) is 13.3 Å². The second-order valence-corrected chi connectivity index (χ2v) is 2.94. The summed E-state index contributed by atoms with van der Waals surface area (Å²) in [4.78, 5) is 4.40. The molecule has 0 unspecified atom stereocenters. The Hall–Kier alpha value is -1.11. The first-order valence-corrected chi connectivity index (χ1v) is 3.97. The van der Waals surface area contributed by atoms with E-state index in [4.69, 9.17) is 0 Å². The number of aryl methyl sites for hydroxylation is 1. The van der Waals surface area contributed by atoms with Gasteiger partial charge in [-0.05, 0) is 24.6 Å². The van der Waals surface area contributed by atoms with Gasteiger partial charge in [0.15, 0.2) is 0 Å². The average Bonchev–Trinajstić information content (AvgIpc) is 2.04. The number of fused-ring (bicyclic) bond motifs is 1. The maximum atomic E-state index is 4.40. The Bertz CT molecular complexity index is 376. The van der Waals surface area contributed by atoms with Gasteiger partial charge in [0, 0.05) is 6.54 Å². The highest BCUT2D eigenvalue weighted by atomic mass is 14.7. The molecular formula is C10H11N. The first kappa shape index (κ1) is 6.59. The molecule has 1 heteroatoms. The molecule has 1 aliphatic heterocycles. The van der Waals surface area contributed by atoms with Gasteiger partial charge < -0.3 is 0 Å². The zero-order valence-corrected chi connectivity index (χ0v) is 6.67. The van der Waals surface area contributed by atoms with E-state index >= 15 is 0 Å². The summed E-state index contributed by atoms with van der Waals surface area (Å²) in [6.07, 6.45) is 3.35. The van der Waals surface area contributed by atoms with Crippen LogP contribution in [0.4, 0.5) is 0 Å². The van der Waals surface area contributed by atoms with E-state index in [1.54, 1.807) is 0 Å². The lowest BCUT2D eigenvalue weighted by molar-refractivity contribution is 0.959. The molecule has 1 aromatic rings. The summed E-state index contributed by atoms with van der Waals surface area (Å²) in [6, 6.07) is 6.40. The molecular weight excluding hydrogens is 134 g/mol. The highest BCUT2D eigenvalue weighted by Gasteiger charge is 1.92. The third-order valence-corrected chi connectivity index (χ3v) is 1.96. The fraction of sp³-hybridized carbons (Fsp3) is 0.300. The Morgan fingerprint density at radius 2 is 2.27 bits per heavy atom. The number of hydrogen-bond acceptors (Lipinski definition) is 1. The Morgan fingerprint density at radius 3 is 3.18 bits per heavy atom. The number of nitrogens with zero attached hydrogens (tertiary/aromatic N) is 1. The van der Waals surface area contributed by atoms with Gasteiger partial charge in [0.05, 0.1) is 5.36 Å². The minimum atomic E-state index is 0.954. The van der Waals surface area contributed by atoms with Crippen LogP contribution in [0.2, 0.25) is 0 Å². The van der Waals surface area contributed by atoms with Gasteiger partial charge in [0.2, 0.25) is 0 Å². The van der Waals surface area contributed by atoms with Crippen molar-refractivity contribution in [2.24, 2.45) is 4.99 Å². The zero-order chi connectivity index (χ0) is 7.68. The second kappa shape index (κ2) is 2.50. The monoisotopic (exact) mass is 145 g/mol. The quantitative estimate of drug-likeness (QED) is 0.512. The molecule has 0 aliphatic carbocycles. The maximum Gasteiger partial charge on any atom is 0.0643 e. The first-order valence-electron chi connectivity index (χ1n) is 3.97. The van der Waals surface area contributed by atoms with Crippen molar-refractivity contribution in [3.05, 3.63) is 34.3 Å². The number of benzene rings is 1. The normalized spacial score (nSPS) is 14.6. The SMILES string of the molecule is Cc1ccc2c(c1)=CCCN=2. The van der Waals surface area contributed by atoms with Crippen LogP contribution >= 0.6 is 0 Å². The van der Waals surface area contributed by atoms with Crippen LogP contribution in [0.15, 0.2) is 23.2 Å². The second-order valence-electron chi connectivity index (χ2n) is 2.94. The molecule has 0 saturated heterocycles. The summed E-state index contributed by atoms with van der Waals surface area (Å²) >= 11 is 0. The van der Waals surface area contributed by atoms with Gasteiger partial charge in [-0.2, -0.15) is 0 Å². The molecule has 1 nitrogen and oxygen atoms in total. The molecule has 0 amide bonds. The van der Waals surface area contributed by atoms with E-state index in [2.05, 4.69) is 36.2 Å². The fourth-order valence-corrected chi connectivity index (χ4v) is 1.39. The van der Waals surface area contributed by atoms with E-state index in [1.165, 1.54) is 10.8 Å². The van der Waals surface area contributed by atoms with Crippen LogP contribution in [0.3, 0.4) is 0 Å². The van der Waals surface area contributed by atoms with Crippen LogP contribution in [0.1, 0.15) is 12.0 Å². The van der Waals surface area contributed by atoms with Gasteiger partial charge in [-0.25, -0.2) is 0 Å². The van der Waals surface area contributed by atoms with E-state index in [1.807, 2.05) is 0 Å². The molecule has 0 fully saturated rings. The van der Waals surface area contributed by atoms with Crippen molar-refractivity contribution in [2.75, 3.05) is 6.54 Å². The van der Waals surface area contributed by atoms with Crippen LogP contribution < -0.4 is 10.6 Å². The zero-order valence-electron chi connectivity index (χ0n) is 6.67. The summed E-state index contributed by atoms with van der Waals surface area (Å²) < 4.78 is 0. The van der Waals surface area contributed by atoms with Crippen molar-refractivity contribution >= 4 is 6.08 Å². The highest BCUT2D eigenvalue weighted by Crippen LogP contribution is 1.90. The summed E-state index contributed by atoms with van der Waals surface area (Å²) in [6.45, 7) is 3.07. The molecule has 0 spiro atoms. The van der Waals surface area contributed by atoms with E-state index in [-0.39, 0.29) is 0 Å². The predicted octanol–water partition coefficient (Wildman–Crippen LogP) is 0.799. The van der Waals surface area contributed by atoms with Crippen LogP contribution in [-0.4, -0.2) is 6.54 Å².